The van der Waals surface area contributed by atoms with Gasteiger partial charge in [-0.2, -0.15) is 0 Å². The van der Waals surface area contributed by atoms with E-state index in [9.17, 15) is 24.3 Å². The fourth-order valence-corrected chi connectivity index (χ4v) is 2.12. The lowest BCUT2D eigenvalue weighted by Gasteiger charge is -2.16. The van der Waals surface area contributed by atoms with E-state index >= 15 is 0 Å². The van der Waals surface area contributed by atoms with Crippen molar-refractivity contribution >= 4 is 23.8 Å². The van der Waals surface area contributed by atoms with E-state index in [2.05, 4.69) is 10.6 Å². The van der Waals surface area contributed by atoms with Crippen LogP contribution in [0.1, 0.15) is 31.7 Å². The normalized spacial score (nSPS) is 12.5. The number of rotatable bonds is 11. The molecule has 9 heteroatoms. The zero-order chi connectivity index (χ0) is 20.2. The molecule has 148 valence electrons. The van der Waals surface area contributed by atoms with E-state index in [4.69, 9.17) is 9.84 Å². The zero-order valence-electron chi connectivity index (χ0n) is 15.0. The average molecular weight is 380 g/mol. The molecule has 9 nitrogen and oxygen atoms in total. The molecule has 0 bridgehead atoms. The molecule has 0 radical (unpaired) electrons. The van der Waals surface area contributed by atoms with Crippen molar-refractivity contribution in [2.24, 2.45) is 0 Å². The standard InChI is InChI=1S/C18H24N2O7/c1-12(21)7-8-15(17(24)25)20-16(23)9-14(22)10-19-18(26)27-11-13-5-3-2-4-6-13/h2-6,14-15,22H,7-11H2,1H3,(H,19,26)(H,20,23)(H,24,25)/t14-,15-/m0/s1. The van der Waals surface area contributed by atoms with Crippen molar-refractivity contribution in [1.82, 2.24) is 10.6 Å². The molecule has 0 saturated carbocycles. The van der Waals surface area contributed by atoms with E-state index < -0.39 is 36.5 Å². The Kier molecular flexibility index (Phi) is 9.52. The molecule has 0 aliphatic heterocycles. The Morgan fingerprint density at radius 3 is 2.41 bits per heavy atom. The lowest BCUT2D eigenvalue weighted by molar-refractivity contribution is -0.142. The quantitative estimate of drug-likeness (QED) is 0.440. The number of nitrogens with one attached hydrogen (secondary N) is 2. The minimum atomic E-state index is -1.26. The number of carboxylic acid groups (broad SMARTS) is 1. The van der Waals surface area contributed by atoms with Gasteiger partial charge in [-0.25, -0.2) is 9.59 Å². The van der Waals surface area contributed by atoms with E-state index in [1.54, 1.807) is 24.3 Å². The van der Waals surface area contributed by atoms with E-state index in [0.29, 0.717) is 0 Å². The van der Waals surface area contributed by atoms with Crippen LogP contribution in [0.2, 0.25) is 0 Å². The first-order valence-corrected chi connectivity index (χ1v) is 8.42. The van der Waals surface area contributed by atoms with Crippen LogP contribution in [0, 0.1) is 0 Å². The second kappa shape index (κ2) is 11.6. The highest BCUT2D eigenvalue weighted by atomic mass is 16.5. The largest absolute Gasteiger partial charge is 0.480 e. The van der Waals surface area contributed by atoms with Crippen LogP contribution in [0.15, 0.2) is 30.3 Å². The smallest absolute Gasteiger partial charge is 0.407 e. The van der Waals surface area contributed by atoms with Gasteiger partial charge >= 0.3 is 12.1 Å². The Balaban J connectivity index is 2.30. The van der Waals surface area contributed by atoms with Crippen molar-refractivity contribution in [2.75, 3.05) is 6.54 Å². The molecule has 2 atom stereocenters. The number of carbonyl (C=O) groups is 4. The molecule has 0 unspecified atom stereocenters. The van der Waals surface area contributed by atoms with Crippen LogP contribution in [0.4, 0.5) is 4.79 Å². The molecule has 0 spiro atoms. The van der Waals surface area contributed by atoms with Gasteiger partial charge in [0, 0.05) is 13.0 Å². The third-order valence-electron chi connectivity index (χ3n) is 3.53. The van der Waals surface area contributed by atoms with Crippen molar-refractivity contribution in [2.45, 2.75) is 44.9 Å². The van der Waals surface area contributed by atoms with Crippen LogP contribution in [-0.4, -0.2) is 52.7 Å². The summed E-state index contributed by atoms with van der Waals surface area (Å²) in [5.41, 5.74) is 0.804. The number of aliphatic hydroxyl groups excluding tert-OH is 1. The zero-order valence-corrected chi connectivity index (χ0v) is 15.0. The summed E-state index contributed by atoms with van der Waals surface area (Å²) in [4.78, 5) is 45.4. The number of benzene rings is 1. The number of carbonyl (C=O) groups excluding carboxylic acids is 3. The van der Waals surface area contributed by atoms with E-state index in [0.717, 1.165) is 5.56 Å². The van der Waals surface area contributed by atoms with Gasteiger partial charge in [0.2, 0.25) is 5.91 Å². The number of amides is 2. The maximum atomic E-state index is 11.8. The van der Waals surface area contributed by atoms with Gasteiger partial charge in [-0.3, -0.25) is 4.79 Å². The van der Waals surface area contributed by atoms with Gasteiger partial charge in [0.05, 0.1) is 12.5 Å². The first-order valence-electron chi connectivity index (χ1n) is 8.42. The molecule has 4 N–H and O–H groups in total. The van der Waals surface area contributed by atoms with E-state index in [1.807, 2.05) is 6.07 Å². The molecule has 2 amide bonds. The highest BCUT2D eigenvalue weighted by Gasteiger charge is 2.22. The van der Waals surface area contributed by atoms with Gasteiger partial charge in [-0.1, -0.05) is 30.3 Å². The average Bonchev–Trinajstić information content (AvgIpc) is 2.62. The van der Waals surface area contributed by atoms with Crippen LogP contribution in [0.5, 0.6) is 0 Å². The Morgan fingerprint density at radius 1 is 1.15 bits per heavy atom. The summed E-state index contributed by atoms with van der Waals surface area (Å²) in [6, 6.07) is 7.81. The number of aliphatic hydroxyl groups is 1. The predicted molar refractivity (Wildman–Crippen MR) is 94.7 cm³/mol. The SMILES string of the molecule is CC(=O)CC[C@H](NC(=O)C[C@H](O)CNC(=O)OCc1ccccc1)C(=O)O. The Morgan fingerprint density at radius 2 is 1.81 bits per heavy atom. The van der Waals surface area contributed by atoms with Crippen LogP contribution >= 0.6 is 0 Å². The molecule has 0 aliphatic carbocycles. The summed E-state index contributed by atoms with van der Waals surface area (Å²) in [6.07, 6.45) is -2.37. The fourth-order valence-electron chi connectivity index (χ4n) is 2.12. The molecule has 0 saturated heterocycles. The number of carboxylic acids is 1. The summed E-state index contributed by atoms with van der Waals surface area (Å²) in [6.45, 7) is 1.17. The van der Waals surface area contributed by atoms with Crippen LogP contribution in [0.25, 0.3) is 0 Å². The molecule has 1 aromatic carbocycles. The molecular weight excluding hydrogens is 356 g/mol. The van der Waals surface area contributed by atoms with Crippen molar-refractivity contribution in [3.63, 3.8) is 0 Å². The third kappa shape index (κ3) is 9.95. The van der Waals surface area contributed by atoms with Gasteiger partial charge in [-0.05, 0) is 18.9 Å². The van der Waals surface area contributed by atoms with Gasteiger partial charge in [0.1, 0.15) is 18.4 Å². The predicted octanol–water partition coefficient (Wildman–Crippen LogP) is 0.602. The first-order chi connectivity index (χ1) is 12.8. The van der Waals surface area contributed by atoms with E-state index in [-0.39, 0.29) is 31.8 Å². The molecule has 0 aromatic heterocycles. The van der Waals surface area contributed by atoms with Gasteiger partial charge in [-0.15, -0.1) is 0 Å². The topological polar surface area (TPSA) is 142 Å². The van der Waals surface area contributed by atoms with Crippen molar-refractivity contribution < 1.29 is 34.1 Å². The lowest BCUT2D eigenvalue weighted by atomic mass is 10.1. The Hall–Kier alpha value is -2.94. The molecule has 1 aromatic rings. The van der Waals surface area contributed by atoms with Crippen LogP contribution in [-0.2, 0) is 25.7 Å². The van der Waals surface area contributed by atoms with Crippen LogP contribution in [0.3, 0.4) is 0 Å². The van der Waals surface area contributed by atoms with Crippen molar-refractivity contribution in [3.8, 4) is 0 Å². The molecule has 1 rings (SSSR count). The number of hydrogen-bond acceptors (Lipinski definition) is 6. The summed E-state index contributed by atoms with van der Waals surface area (Å²) in [7, 11) is 0. The lowest BCUT2D eigenvalue weighted by Crippen LogP contribution is -2.43. The Labute approximate surface area is 156 Å². The van der Waals surface area contributed by atoms with Gasteiger partial charge < -0.3 is 30.4 Å². The maximum absolute atomic E-state index is 11.8. The number of hydrogen-bond donors (Lipinski definition) is 4. The minimum absolute atomic E-state index is 0.0224. The molecule has 0 aliphatic rings. The molecular formula is C18H24N2O7. The second-order valence-corrected chi connectivity index (χ2v) is 6.00. The molecule has 27 heavy (non-hydrogen) atoms. The first kappa shape index (κ1) is 22.1. The maximum Gasteiger partial charge on any atom is 0.407 e. The number of ketones is 1. The van der Waals surface area contributed by atoms with Gasteiger partial charge in [0.15, 0.2) is 0 Å². The highest BCUT2D eigenvalue weighted by molar-refractivity contribution is 5.84. The molecule has 0 fully saturated rings. The van der Waals surface area contributed by atoms with E-state index in [1.165, 1.54) is 6.92 Å². The number of aliphatic carboxylic acids is 1. The second-order valence-electron chi connectivity index (χ2n) is 6.00. The summed E-state index contributed by atoms with van der Waals surface area (Å²) >= 11 is 0. The number of ether oxygens (including phenoxy) is 1. The summed E-state index contributed by atoms with van der Waals surface area (Å²) in [5.74, 6) is -2.15. The number of Topliss-reactive ketones (excluding diaryl/α,β-unsaturated/α-hetero) is 1. The van der Waals surface area contributed by atoms with Crippen LogP contribution < -0.4 is 10.6 Å². The summed E-state index contributed by atoms with van der Waals surface area (Å²) in [5, 5.41) is 23.4. The monoisotopic (exact) mass is 380 g/mol. The Bertz CT molecular complexity index is 648. The van der Waals surface area contributed by atoms with Gasteiger partial charge in [0.25, 0.3) is 0 Å². The highest BCUT2D eigenvalue weighted by Crippen LogP contribution is 2.02. The number of alkyl carbamates (subject to hydrolysis) is 1. The van der Waals surface area contributed by atoms with Crippen molar-refractivity contribution in [3.05, 3.63) is 35.9 Å². The fraction of sp³-hybridized carbons (Fsp3) is 0.444. The van der Waals surface area contributed by atoms with Crippen molar-refractivity contribution in [1.29, 1.82) is 0 Å². The summed E-state index contributed by atoms with van der Waals surface area (Å²) < 4.78 is 4.96. The minimum Gasteiger partial charge on any atom is -0.480 e. The molecule has 0 heterocycles. The third-order valence-corrected chi connectivity index (χ3v) is 3.53.